The maximum atomic E-state index is 12.8. The zero-order valence-corrected chi connectivity index (χ0v) is 9.80. The summed E-state index contributed by atoms with van der Waals surface area (Å²) >= 11 is 0. The van der Waals surface area contributed by atoms with Crippen LogP contribution in [-0.2, 0) is 10.3 Å². The van der Waals surface area contributed by atoms with Gasteiger partial charge >= 0.3 is 0 Å². The van der Waals surface area contributed by atoms with Gasteiger partial charge in [-0.3, -0.25) is 4.79 Å². The lowest BCUT2D eigenvalue weighted by atomic mass is 9.94. The first kappa shape index (κ1) is 12.6. The van der Waals surface area contributed by atoms with Crippen LogP contribution >= 0.6 is 0 Å². The number of rotatable bonds is 4. The van der Waals surface area contributed by atoms with Crippen LogP contribution in [0.15, 0.2) is 24.3 Å². The fourth-order valence-electron chi connectivity index (χ4n) is 1.49. The molecule has 0 aliphatic carbocycles. The van der Waals surface area contributed by atoms with Crippen LogP contribution in [0.4, 0.5) is 4.39 Å². The molecule has 0 aromatic heterocycles. The number of nitrogens with one attached hydrogen (secondary N) is 2. The van der Waals surface area contributed by atoms with Crippen molar-refractivity contribution in [1.82, 2.24) is 10.6 Å². The zero-order valence-electron chi connectivity index (χ0n) is 9.80. The molecule has 1 aromatic carbocycles. The van der Waals surface area contributed by atoms with Crippen LogP contribution in [0, 0.1) is 5.82 Å². The van der Waals surface area contributed by atoms with Crippen LogP contribution in [0.25, 0.3) is 0 Å². The molecular weight excluding hydrogens is 207 g/mol. The monoisotopic (exact) mass is 224 g/mol. The Morgan fingerprint density at radius 2 is 1.88 bits per heavy atom. The van der Waals surface area contributed by atoms with E-state index < -0.39 is 5.54 Å². The topological polar surface area (TPSA) is 41.1 Å². The third-order valence-electron chi connectivity index (χ3n) is 2.36. The summed E-state index contributed by atoms with van der Waals surface area (Å²) in [5, 5.41) is 5.65. The summed E-state index contributed by atoms with van der Waals surface area (Å²) in [5.74, 6) is -0.363. The van der Waals surface area contributed by atoms with Crippen LogP contribution in [0.2, 0.25) is 0 Å². The van der Waals surface area contributed by atoms with E-state index in [1.54, 1.807) is 19.2 Å². The van der Waals surface area contributed by atoms with Crippen LogP contribution in [0.5, 0.6) is 0 Å². The van der Waals surface area contributed by atoms with Crippen molar-refractivity contribution in [1.29, 1.82) is 0 Å². The molecule has 1 rings (SSSR count). The lowest BCUT2D eigenvalue weighted by Crippen LogP contribution is -2.44. The van der Waals surface area contributed by atoms with E-state index in [4.69, 9.17) is 0 Å². The standard InChI is InChI=1S/C12H17FN2O/c1-12(2,15-11(16)8-14-3)9-4-6-10(13)7-5-9/h4-7,14H,8H2,1-3H3,(H,15,16). The highest BCUT2D eigenvalue weighted by molar-refractivity contribution is 5.78. The Balaban J connectivity index is 2.76. The molecule has 1 amide bonds. The first-order valence-corrected chi connectivity index (χ1v) is 5.17. The van der Waals surface area contributed by atoms with Gasteiger partial charge in [0, 0.05) is 0 Å². The number of hydrogen-bond acceptors (Lipinski definition) is 2. The van der Waals surface area contributed by atoms with Crippen molar-refractivity contribution in [2.45, 2.75) is 19.4 Å². The molecule has 0 atom stereocenters. The van der Waals surface area contributed by atoms with Crippen molar-refractivity contribution in [2.24, 2.45) is 0 Å². The van der Waals surface area contributed by atoms with Gasteiger partial charge in [-0.2, -0.15) is 0 Å². The Bertz CT molecular complexity index is 360. The van der Waals surface area contributed by atoms with E-state index in [0.717, 1.165) is 5.56 Å². The van der Waals surface area contributed by atoms with Gasteiger partial charge < -0.3 is 10.6 Å². The minimum Gasteiger partial charge on any atom is -0.346 e. The summed E-state index contributed by atoms with van der Waals surface area (Å²) in [7, 11) is 1.71. The second-order valence-corrected chi connectivity index (χ2v) is 4.21. The summed E-state index contributed by atoms with van der Waals surface area (Å²) in [6, 6.07) is 6.13. The third-order valence-corrected chi connectivity index (χ3v) is 2.36. The second kappa shape index (κ2) is 5.07. The predicted octanol–water partition coefficient (Wildman–Crippen LogP) is 1.40. The van der Waals surface area contributed by atoms with E-state index in [1.807, 2.05) is 13.8 Å². The number of halogens is 1. The largest absolute Gasteiger partial charge is 0.346 e. The fraction of sp³-hybridized carbons (Fsp3) is 0.417. The molecule has 0 fully saturated rings. The first-order chi connectivity index (χ1) is 7.45. The normalized spacial score (nSPS) is 11.2. The quantitative estimate of drug-likeness (QED) is 0.811. The van der Waals surface area contributed by atoms with E-state index in [1.165, 1.54) is 12.1 Å². The molecule has 0 radical (unpaired) electrons. The van der Waals surface area contributed by atoms with Crippen LogP contribution in [0.1, 0.15) is 19.4 Å². The van der Waals surface area contributed by atoms with Crippen molar-refractivity contribution in [3.05, 3.63) is 35.6 Å². The van der Waals surface area contributed by atoms with Gasteiger partial charge in [-0.05, 0) is 38.6 Å². The minimum atomic E-state index is -0.498. The van der Waals surface area contributed by atoms with Crippen molar-refractivity contribution < 1.29 is 9.18 Å². The molecule has 3 nitrogen and oxygen atoms in total. The van der Waals surface area contributed by atoms with Crippen molar-refractivity contribution >= 4 is 5.91 Å². The van der Waals surface area contributed by atoms with E-state index >= 15 is 0 Å². The predicted molar refractivity (Wildman–Crippen MR) is 61.5 cm³/mol. The average Bonchev–Trinajstić information content (AvgIpc) is 2.17. The van der Waals surface area contributed by atoms with Gasteiger partial charge in [0.15, 0.2) is 0 Å². The van der Waals surface area contributed by atoms with Crippen LogP contribution in [-0.4, -0.2) is 19.5 Å². The molecular formula is C12H17FN2O. The SMILES string of the molecule is CNCC(=O)NC(C)(C)c1ccc(F)cc1. The zero-order chi connectivity index (χ0) is 12.2. The van der Waals surface area contributed by atoms with E-state index in [9.17, 15) is 9.18 Å². The van der Waals surface area contributed by atoms with Gasteiger partial charge in [-0.25, -0.2) is 4.39 Å². The van der Waals surface area contributed by atoms with Gasteiger partial charge in [-0.1, -0.05) is 12.1 Å². The first-order valence-electron chi connectivity index (χ1n) is 5.17. The smallest absolute Gasteiger partial charge is 0.234 e. The molecule has 2 N–H and O–H groups in total. The maximum Gasteiger partial charge on any atom is 0.234 e. The molecule has 0 heterocycles. The number of carbonyl (C=O) groups excluding carboxylic acids is 1. The van der Waals surface area contributed by atoms with Crippen LogP contribution < -0.4 is 10.6 Å². The minimum absolute atomic E-state index is 0.0863. The Morgan fingerprint density at radius 1 is 1.31 bits per heavy atom. The van der Waals surface area contributed by atoms with E-state index in [-0.39, 0.29) is 18.3 Å². The van der Waals surface area contributed by atoms with Gasteiger partial charge in [0.05, 0.1) is 12.1 Å². The molecule has 0 unspecified atom stereocenters. The summed E-state index contributed by atoms with van der Waals surface area (Å²) < 4.78 is 12.8. The second-order valence-electron chi connectivity index (χ2n) is 4.21. The Morgan fingerprint density at radius 3 is 2.38 bits per heavy atom. The molecule has 0 aliphatic rings. The molecule has 0 saturated heterocycles. The number of carbonyl (C=O) groups is 1. The number of hydrogen-bond donors (Lipinski definition) is 2. The molecule has 1 aromatic rings. The highest BCUT2D eigenvalue weighted by Gasteiger charge is 2.22. The lowest BCUT2D eigenvalue weighted by Gasteiger charge is -2.27. The molecule has 16 heavy (non-hydrogen) atoms. The van der Waals surface area contributed by atoms with Crippen molar-refractivity contribution in [3.8, 4) is 0 Å². The molecule has 4 heteroatoms. The Hall–Kier alpha value is -1.42. The average molecular weight is 224 g/mol. The summed E-state index contributed by atoms with van der Waals surface area (Å²) in [6.45, 7) is 4.03. The van der Waals surface area contributed by atoms with Gasteiger partial charge in [-0.15, -0.1) is 0 Å². The summed E-state index contributed by atoms with van der Waals surface area (Å²) in [4.78, 5) is 11.5. The summed E-state index contributed by atoms with van der Waals surface area (Å²) in [5.41, 5.74) is 0.375. The van der Waals surface area contributed by atoms with Gasteiger partial charge in [0.25, 0.3) is 0 Å². The Labute approximate surface area is 95.0 Å². The molecule has 0 bridgehead atoms. The van der Waals surface area contributed by atoms with Crippen molar-refractivity contribution in [2.75, 3.05) is 13.6 Å². The van der Waals surface area contributed by atoms with E-state index in [2.05, 4.69) is 10.6 Å². The van der Waals surface area contributed by atoms with Crippen molar-refractivity contribution in [3.63, 3.8) is 0 Å². The number of amides is 1. The highest BCUT2D eigenvalue weighted by Crippen LogP contribution is 2.19. The maximum absolute atomic E-state index is 12.8. The summed E-state index contributed by atoms with van der Waals surface area (Å²) in [6.07, 6.45) is 0. The molecule has 0 spiro atoms. The van der Waals surface area contributed by atoms with Gasteiger partial charge in [0.1, 0.15) is 5.82 Å². The van der Waals surface area contributed by atoms with E-state index in [0.29, 0.717) is 0 Å². The number of likely N-dealkylation sites (N-methyl/N-ethyl adjacent to an activating group) is 1. The molecule has 0 aliphatic heterocycles. The van der Waals surface area contributed by atoms with Gasteiger partial charge in [0.2, 0.25) is 5.91 Å². The highest BCUT2D eigenvalue weighted by atomic mass is 19.1. The number of benzene rings is 1. The fourth-order valence-corrected chi connectivity index (χ4v) is 1.49. The lowest BCUT2D eigenvalue weighted by molar-refractivity contribution is -0.121. The molecule has 0 saturated carbocycles. The third kappa shape index (κ3) is 3.31. The molecule has 88 valence electrons. The van der Waals surface area contributed by atoms with Crippen LogP contribution in [0.3, 0.4) is 0 Å². The Kier molecular flexibility index (Phi) is 4.01.